The molecule has 0 atom stereocenters. The first-order chi connectivity index (χ1) is 9.14. The molecule has 0 bridgehead atoms. The summed E-state index contributed by atoms with van der Waals surface area (Å²) < 4.78 is 26.8. The molecule has 0 aromatic carbocycles. The minimum Gasteiger partial charge on any atom is -0.317 e. The maximum Gasteiger partial charge on any atom is 0.217 e. The van der Waals surface area contributed by atoms with Crippen molar-refractivity contribution in [3.63, 3.8) is 0 Å². The lowest BCUT2D eigenvalue weighted by Gasteiger charge is -2.29. The summed E-state index contributed by atoms with van der Waals surface area (Å²) in [6.45, 7) is 4.41. The van der Waals surface area contributed by atoms with Gasteiger partial charge in [-0.1, -0.05) is 6.92 Å². The van der Waals surface area contributed by atoms with Crippen molar-refractivity contribution in [2.45, 2.75) is 31.6 Å². The minimum absolute atomic E-state index is 0.240. The van der Waals surface area contributed by atoms with E-state index in [0.717, 1.165) is 18.7 Å². The van der Waals surface area contributed by atoms with Gasteiger partial charge < -0.3 is 5.32 Å². The van der Waals surface area contributed by atoms with Crippen LogP contribution >= 0.6 is 0 Å². The van der Waals surface area contributed by atoms with Gasteiger partial charge in [-0.05, 0) is 43.6 Å². The average molecular weight is 283 g/mol. The van der Waals surface area contributed by atoms with Crippen molar-refractivity contribution in [3.8, 4) is 0 Å². The van der Waals surface area contributed by atoms with Gasteiger partial charge in [-0.3, -0.25) is 4.98 Å². The molecule has 6 heteroatoms. The van der Waals surface area contributed by atoms with E-state index in [2.05, 4.69) is 10.3 Å². The van der Waals surface area contributed by atoms with E-state index in [1.807, 2.05) is 19.1 Å². The van der Waals surface area contributed by atoms with Crippen molar-refractivity contribution in [3.05, 3.63) is 30.1 Å². The summed E-state index contributed by atoms with van der Waals surface area (Å²) in [5, 5.41) is 2.96. The molecule has 0 radical (unpaired) electrons. The maximum atomic E-state index is 12.6. The molecule has 106 valence electrons. The zero-order valence-electron chi connectivity index (χ0n) is 11.2. The van der Waals surface area contributed by atoms with E-state index in [1.165, 1.54) is 0 Å². The summed E-state index contributed by atoms with van der Waals surface area (Å²) in [6, 6.07) is 3.72. The molecule has 0 unspecified atom stereocenters. The Bertz CT molecular complexity index is 484. The standard InChI is InChI=1S/C13H21N3O2S/c1-2-16(11-12-3-7-14-8-4-12)19(17,18)13-5-9-15-10-6-13/h3-4,7-8,13,15H,2,5-6,9-11H2,1H3. The molecule has 2 rings (SSSR count). The number of sulfonamides is 1. The van der Waals surface area contributed by atoms with Gasteiger partial charge in [0.25, 0.3) is 0 Å². The first-order valence-corrected chi connectivity index (χ1v) is 8.23. The SMILES string of the molecule is CCN(Cc1ccncc1)S(=O)(=O)C1CCNCC1. The third-order valence-electron chi connectivity index (χ3n) is 3.53. The fourth-order valence-corrected chi connectivity index (χ4v) is 4.32. The lowest BCUT2D eigenvalue weighted by molar-refractivity contribution is 0.398. The number of rotatable bonds is 5. The van der Waals surface area contributed by atoms with Crippen molar-refractivity contribution < 1.29 is 8.42 Å². The van der Waals surface area contributed by atoms with Crippen LogP contribution in [-0.4, -0.2) is 42.6 Å². The molecule has 5 nitrogen and oxygen atoms in total. The highest BCUT2D eigenvalue weighted by Crippen LogP contribution is 2.19. The van der Waals surface area contributed by atoms with Gasteiger partial charge in [-0.25, -0.2) is 8.42 Å². The molecule has 1 saturated heterocycles. The number of hydrogen-bond acceptors (Lipinski definition) is 4. The summed E-state index contributed by atoms with van der Waals surface area (Å²) in [7, 11) is -3.20. The monoisotopic (exact) mass is 283 g/mol. The van der Waals surface area contributed by atoms with Crippen LogP contribution in [0.3, 0.4) is 0 Å². The smallest absolute Gasteiger partial charge is 0.217 e. The lowest BCUT2D eigenvalue weighted by Crippen LogP contribution is -2.43. The molecule has 2 heterocycles. The Morgan fingerprint density at radius 3 is 2.53 bits per heavy atom. The number of pyridine rings is 1. The van der Waals surface area contributed by atoms with E-state index >= 15 is 0 Å². The van der Waals surface area contributed by atoms with Crippen molar-refractivity contribution in [1.29, 1.82) is 0 Å². The number of nitrogens with zero attached hydrogens (tertiary/aromatic N) is 2. The third kappa shape index (κ3) is 3.52. The molecule has 0 saturated carbocycles. The predicted molar refractivity (Wildman–Crippen MR) is 75.1 cm³/mol. The van der Waals surface area contributed by atoms with Crippen molar-refractivity contribution in [2.24, 2.45) is 0 Å². The van der Waals surface area contributed by atoms with Crippen LogP contribution in [0.15, 0.2) is 24.5 Å². The van der Waals surface area contributed by atoms with Gasteiger partial charge in [0.05, 0.1) is 5.25 Å². The first-order valence-electron chi connectivity index (χ1n) is 6.73. The molecule has 0 spiro atoms. The van der Waals surface area contributed by atoms with Gasteiger partial charge in [0.2, 0.25) is 10.0 Å². The molecule has 1 aliphatic heterocycles. The van der Waals surface area contributed by atoms with Crippen LogP contribution in [0.2, 0.25) is 0 Å². The molecule has 1 aliphatic rings. The minimum atomic E-state index is -3.20. The van der Waals surface area contributed by atoms with Crippen LogP contribution in [0.5, 0.6) is 0 Å². The van der Waals surface area contributed by atoms with Crippen molar-refractivity contribution in [1.82, 2.24) is 14.6 Å². The molecule has 0 aliphatic carbocycles. The Hall–Kier alpha value is -0.980. The van der Waals surface area contributed by atoms with Crippen LogP contribution in [0, 0.1) is 0 Å². The zero-order valence-corrected chi connectivity index (χ0v) is 12.1. The zero-order chi connectivity index (χ0) is 13.7. The normalized spacial score (nSPS) is 17.8. The molecule has 19 heavy (non-hydrogen) atoms. The molecule has 1 aromatic heterocycles. The molecule has 0 amide bonds. The second-order valence-electron chi connectivity index (χ2n) is 4.78. The van der Waals surface area contributed by atoms with E-state index in [0.29, 0.717) is 25.9 Å². The van der Waals surface area contributed by atoms with Gasteiger partial charge in [0, 0.05) is 25.5 Å². The van der Waals surface area contributed by atoms with Crippen LogP contribution in [0.4, 0.5) is 0 Å². The van der Waals surface area contributed by atoms with Crippen molar-refractivity contribution >= 4 is 10.0 Å². The van der Waals surface area contributed by atoms with Gasteiger partial charge in [-0.2, -0.15) is 4.31 Å². The summed E-state index contributed by atoms with van der Waals surface area (Å²) in [4.78, 5) is 3.95. The van der Waals surface area contributed by atoms with Crippen molar-refractivity contribution in [2.75, 3.05) is 19.6 Å². The highest BCUT2D eigenvalue weighted by atomic mass is 32.2. The Morgan fingerprint density at radius 1 is 1.32 bits per heavy atom. The fourth-order valence-electron chi connectivity index (χ4n) is 2.38. The predicted octanol–water partition coefficient (Wildman–Crippen LogP) is 0.985. The number of nitrogens with one attached hydrogen (secondary N) is 1. The van der Waals surface area contributed by atoms with E-state index in [-0.39, 0.29) is 5.25 Å². The summed E-state index contributed by atoms with van der Waals surface area (Å²) in [5.41, 5.74) is 0.981. The highest BCUT2D eigenvalue weighted by Gasteiger charge is 2.32. The van der Waals surface area contributed by atoms with Crippen LogP contribution in [0.25, 0.3) is 0 Å². The van der Waals surface area contributed by atoms with Gasteiger partial charge in [-0.15, -0.1) is 0 Å². The van der Waals surface area contributed by atoms with E-state index < -0.39 is 10.0 Å². The van der Waals surface area contributed by atoms with E-state index in [1.54, 1.807) is 16.7 Å². The quantitative estimate of drug-likeness (QED) is 0.875. The Balaban J connectivity index is 2.11. The Morgan fingerprint density at radius 2 is 1.95 bits per heavy atom. The molecular weight excluding hydrogens is 262 g/mol. The third-order valence-corrected chi connectivity index (χ3v) is 5.95. The molecule has 1 fully saturated rings. The van der Waals surface area contributed by atoms with Crippen LogP contribution in [-0.2, 0) is 16.6 Å². The maximum absolute atomic E-state index is 12.6. The fraction of sp³-hybridized carbons (Fsp3) is 0.615. The Kier molecular flexibility index (Phi) is 4.90. The number of piperidine rings is 1. The summed E-state index contributed by atoms with van der Waals surface area (Å²) in [5.74, 6) is 0. The van der Waals surface area contributed by atoms with E-state index in [9.17, 15) is 8.42 Å². The van der Waals surface area contributed by atoms with Crippen LogP contribution in [0.1, 0.15) is 25.3 Å². The average Bonchev–Trinajstić information content (AvgIpc) is 2.46. The lowest BCUT2D eigenvalue weighted by atomic mass is 10.2. The second kappa shape index (κ2) is 6.45. The van der Waals surface area contributed by atoms with Crippen LogP contribution < -0.4 is 5.32 Å². The largest absolute Gasteiger partial charge is 0.317 e. The van der Waals surface area contributed by atoms with Gasteiger partial charge in [0.1, 0.15) is 0 Å². The highest BCUT2D eigenvalue weighted by molar-refractivity contribution is 7.89. The van der Waals surface area contributed by atoms with Gasteiger partial charge in [0.15, 0.2) is 0 Å². The summed E-state index contributed by atoms with van der Waals surface area (Å²) in [6.07, 6.45) is 4.80. The van der Waals surface area contributed by atoms with E-state index in [4.69, 9.17) is 0 Å². The second-order valence-corrected chi connectivity index (χ2v) is 6.99. The summed E-state index contributed by atoms with van der Waals surface area (Å²) >= 11 is 0. The van der Waals surface area contributed by atoms with Gasteiger partial charge >= 0.3 is 0 Å². The topological polar surface area (TPSA) is 62.3 Å². The Labute approximate surface area is 115 Å². The first kappa shape index (κ1) is 14.4. The number of hydrogen-bond donors (Lipinski definition) is 1. The number of aromatic nitrogens is 1. The molecule has 1 aromatic rings. The molecule has 1 N–H and O–H groups in total. The molecular formula is C13H21N3O2S.